The van der Waals surface area contributed by atoms with Crippen LogP contribution in [0.15, 0.2) is 71.9 Å². The van der Waals surface area contributed by atoms with Crippen LogP contribution in [0.25, 0.3) is 11.4 Å². The number of aromatic nitrogens is 2. The van der Waals surface area contributed by atoms with Crippen molar-refractivity contribution in [2.75, 3.05) is 13.2 Å². The zero-order chi connectivity index (χ0) is 18.9. The van der Waals surface area contributed by atoms with Crippen LogP contribution >= 0.6 is 11.9 Å². The molecule has 0 radical (unpaired) electrons. The third-order valence-corrected chi connectivity index (χ3v) is 4.54. The minimum Gasteiger partial charge on any atom is -0.395 e. The van der Waals surface area contributed by atoms with E-state index in [1.807, 2.05) is 54.6 Å². The first-order valence-corrected chi connectivity index (χ1v) is 9.33. The minimum absolute atomic E-state index is 0.0912. The Morgan fingerprint density at radius 3 is 2.56 bits per heavy atom. The Balaban J connectivity index is 1.57. The summed E-state index contributed by atoms with van der Waals surface area (Å²) >= 11 is 1.45. The average Bonchev–Trinajstić information content (AvgIpc) is 2.73. The Bertz CT molecular complexity index is 873. The number of hydrogen-bond donors (Lipinski definition) is 3. The van der Waals surface area contributed by atoms with Gasteiger partial charge in [0.1, 0.15) is 0 Å². The molecule has 1 amide bonds. The molecule has 1 aromatic heterocycles. The van der Waals surface area contributed by atoms with Gasteiger partial charge >= 0.3 is 0 Å². The summed E-state index contributed by atoms with van der Waals surface area (Å²) in [6, 6.07) is 17.5. The van der Waals surface area contributed by atoms with Gasteiger partial charge in [-0.05, 0) is 29.6 Å². The van der Waals surface area contributed by atoms with Crippen LogP contribution in [-0.4, -0.2) is 34.1 Å². The smallest absolute Gasteiger partial charge is 0.254 e. The molecule has 0 bridgehead atoms. The van der Waals surface area contributed by atoms with E-state index in [0.717, 1.165) is 16.0 Å². The number of carbonyl (C=O) groups excluding carboxylic acids is 1. The lowest BCUT2D eigenvalue weighted by molar-refractivity contribution is 0.0950. The maximum atomic E-state index is 12.3. The van der Waals surface area contributed by atoms with Crippen LogP contribution in [-0.2, 0) is 6.54 Å². The summed E-state index contributed by atoms with van der Waals surface area (Å²) in [6.45, 7) is 1.02. The maximum Gasteiger partial charge on any atom is 0.254 e. The van der Waals surface area contributed by atoms with Crippen molar-refractivity contribution in [2.24, 2.45) is 0 Å². The lowest BCUT2D eigenvalue weighted by atomic mass is 10.2. The number of nitrogens with one attached hydrogen (secondary N) is 2. The fourth-order valence-corrected chi connectivity index (χ4v) is 3.08. The molecule has 6 nitrogen and oxygen atoms in total. The van der Waals surface area contributed by atoms with Gasteiger partial charge in [0, 0.05) is 35.9 Å². The molecule has 3 rings (SSSR count). The van der Waals surface area contributed by atoms with Gasteiger partial charge in [-0.3, -0.25) is 9.52 Å². The monoisotopic (exact) mass is 380 g/mol. The molecule has 3 aromatic rings. The zero-order valence-electron chi connectivity index (χ0n) is 14.6. The van der Waals surface area contributed by atoms with E-state index in [4.69, 9.17) is 5.11 Å². The van der Waals surface area contributed by atoms with Crippen LogP contribution < -0.4 is 10.0 Å². The molecule has 0 aliphatic rings. The summed E-state index contributed by atoms with van der Waals surface area (Å²) in [7, 11) is 0. The molecule has 0 atom stereocenters. The van der Waals surface area contributed by atoms with Crippen molar-refractivity contribution in [3.63, 3.8) is 0 Å². The van der Waals surface area contributed by atoms with Crippen LogP contribution in [0, 0.1) is 0 Å². The Hall–Kier alpha value is -2.74. The van der Waals surface area contributed by atoms with Gasteiger partial charge in [0.05, 0.1) is 12.2 Å². The Morgan fingerprint density at radius 1 is 1.04 bits per heavy atom. The number of aliphatic hydroxyl groups is 1. The number of amides is 1. The molecule has 0 spiro atoms. The number of nitrogens with zero attached hydrogens (tertiary/aromatic N) is 2. The van der Waals surface area contributed by atoms with Gasteiger partial charge in [0.25, 0.3) is 5.91 Å². The molecule has 0 unspecified atom stereocenters. The summed E-state index contributed by atoms with van der Waals surface area (Å²) in [4.78, 5) is 21.9. The molecule has 27 heavy (non-hydrogen) atoms. The number of aliphatic hydroxyl groups excluding tert-OH is 1. The van der Waals surface area contributed by atoms with Gasteiger partial charge in [-0.1, -0.05) is 42.5 Å². The molecule has 0 fully saturated rings. The normalized spacial score (nSPS) is 10.6. The molecule has 7 heteroatoms. The van der Waals surface area contributed by atoms with Gasteiger partial charge in [-0.2, -0.15) is 0 Å². The Kier molecular flexibility index (Phi) is 6.92. The van der Waals surface area contributed by atoms with E-state index in [-0.39, 0.29) is 12.5 Å². The maximum absolute atomic E-state index is 12.3. The van der Waals surface area contributed by atoms with Gasteiger partial charge in [-0.15, -0.1) is 0 Å². The zero-order valence-corrected chi connectivity index (χ0v) is 15.4. The summed E-state index contributed by atoms with van der Waals surface area (Å²) in [6.07, 6.45) is 3.07. The van der Waals surface area contributed by atoms with Crippen molar-refractivity contribution in [2.45, 2.75) is 11.4 Å². The molecular weight excluding hydrogens is 360 g/mol. The first-order chi connectivity index (χ1) is 13.3. The summed E-state index contributed by atoms with van der Waals surface area (Å²) in [5.41, 5.74) is 2.32. The van der Waals surface area contributed by atoms with Gasteiger partial charge < -0.3 is 10.4 Å². The highest BCUT2D eigenvalue weighted by Crippen LogP contribution is 2.16. The largest absolute Gasteiger partial charge is 0.395 e. The fraction of sp³-hybridized carbons (Fsp3) is 0.150. The Morgan fingerprint density at radius 2 is 1.81 bits per heavy atom. The molecule has 0 saturated heterocycles. The van der Waals surface area contributed by atoms with Gasteiger partial charge in [0.2, 0.25) is 0 Å². The van der Waals surface area contributed by atoms with Crippen LogP contribution in [0.4, 0.5) is 0 Å². The molecule has 0 aliphatic carbocycles. The minimum atomic E-state index is -0.217. The molecule has 3 N–H and O–H groups in total. The molecule has 138 valence electrons. The van der Waals surface area contributed by atoms with E-state index in [9.17, 15) is 4.79 Å². The van der Waals surface area contributed by atoms with Crippen molar-refractivity contribution in [3.8, 4) is 11.4 Å². The van der Waals surface area contributed by atoms with Crippen LogP contribution in [0.5, 0.6) is 0 Å². The second-order valence-corrected chi connectivity index (χ2v) is 6.68. The number of benzene rings is 2. The van der Waals surface area contributed by atoms with Crippen molar-refractivity contribution >= 4 is 17.9 Å². The second kappa shape index (κ2) is 9.82. The number of carbonyl (C=O) groups is 1. The van der Waals surface area contributed by atoms with Crippen molar-refractivity contribution in [1.29, 1.82) is 0 Å². The van der Waals surface area contributed by atoms with Crippen molar-refractivity contribution in [3.05, 3.63) is 78.1 Å². The topological polar surface area (TPSA) is 87.1 Å². The van der Waals surface area contributed by atoms with Gasteiger partial charge in [0.15, 0.2) is 5.82 Å². The second-order valence-electron chi connectivity index (χ2n) is 5.71. The number of hydrogen-bond acceptors (Lipinski definition) is 6. The highest BCUT2D eigenvalue weighted by atomic mass is 32.2. The van der Waals surface area contributed by atoms with Crippen molar-refractivity contribution < 1.29 is 9.90 Å². The summed E-state index contributed by atoms with van der Waals surface area (Å²) < 4.78 is 3.05. The molecule has 0 aliphatic heterocycles. The van der Waals surface area contributed by atoms with E-state index >= 15 is 0 Å². The van der Waals surface area contributed by atoms with E-state index in [0.29, 0.717) is 24.5 Å². The van der Waals surface area contributed by atoms with Crippen LogP contribution in [0.1, 0.15) is 15.9 Å². The third-order valence-electron chi connectivity index (χ3n) is 3.70. The van der Waals surface area contributed by atoms with Crippen LogP contribution in [0.2, 0.25) is 0 Å². The quantitative estimate of drug-likeness (QED) is 0.411. The van der Waals surface area contributed by atoms with E-state index in [2.05, 4.69) is 20.0 Å². The van der Waals surface area contributed by atoms with E-state index < -0.39 is 0 Å². The number of rotatable bonds is 8. The van der Waals surface area contributed by atoms with Gasteiger partial charge in [-0.25, -0.2) is 9.97 Å². The molecule has 2 aromatic carbocycles. The van der Waals surface area contributed by atoms with E-state index in [1.165, 1.54) is 24.3 Å². The highest BCUT2D eigenvalue weighted by Gasteiger charge is 2.08. The fourth-order valence-electron chi connectivity index (χ4n) is 2.36. The average molecular weight is 380 g/mol. The summed E-state index contributed by atoms with van der Waals surface area (Å²) in [5.74, 6) is 0.373. The lowest BCUT2D eigenvalue weighted by Gasteiger charge is -2.08. The first kappa shape index (κ1) is 19.0. The van der Waals surface area contributed by atoms with Crippen LogP contribution in [0.3, 0.4) is 0 Å². The lowest BCUT2D eigenvalue weighted by Crippen LogP contribution is -2.23. The summed E-state index contributed by atoms with van der Waals surface area (Å²) in [5, 5.41) is 11.7. The third kappa shape index (κ3) is 5.62. The van der Waals surface area contributed by atoms with E-state index in [1.54, 1.807) is 0 Å². The predicted molar refractivity (Wildman–Crippen MR) is 106 cm³/mol. The molecular formula is C20H20N4O2S. The SMILES string of the molecule is O=C(NCc1cccc(SNCCO)c1)c1cnc(-c2ccccc2)nc1. The molecule has 0 saturated carbocycles. The predicted octanol–water partition coefficient (Wildman–Crippen LogP) is 2.66. The Labute approximate surface area is 162 Å². The highest BCUT2D eigenvalue weighted by molar-refractivity contribution is 7.97. The molecule has 1 heterocycles. The van der Waals surface area contributed by atoms with Crippen molar-refractivity contribution in [1.82, 2.24) is 20.0 Å². The standard InChI is InChI=1S/C20H20N4O2S/c25-10-9-24-27-18-8-4-5-15(11-18)12-23-20(26)17-13-21-19(22-14-17)16-6-2-1-3-7-16/h1-8,11,13-14,24-25H,9-10,12H2,(H,23,26). The first-order valence-electron chi connectivity index (χ1n) is 8.51.